The lowest BCUT2D eigenvalue weighted by molar-refractivity contribution is -0.136. The van der Waals surface area contributed by atoms with Gasteiger partial charge in [-0.3, -0.25) is 4.79 Å². The Hall–Kier alpha value is -1.65. The molecular weight excluding hydrogens is 264 g/mol. The van der Waals surface area contributed by atoms with Gasteiger partial charge in [0.25, 0.3) is 0 Å². The van der Waals surface area contributed by atoms with Crippen molar-refractivity contribution in [3.05, 3.63) is 46.7 Å². The monoisotopic (exact) mass is 274 g/mol. The zero-order valence-corrected chi connectivity index (χ0v) is 11.1. The number of carboxylic acids is 1. The first-order valence-electron chi connectivity index (χ1n) is 5.50. The van der Waals surface area contributed by atoms with Crippen LogP contribution in [0, 0.1) is 0 Å². The van der Waals surface area contributed by atoms with Crippen LogP contribution >= 0.6 is 22.7 Å². The van der Waals surface area contributed by atoms with Crippen molar-refractivity contribution in [2.75, 3.05) is 0 Å². The Bertz CT molecular complexity index is 709. The molecule has 0 aliphatic heterocycles. The fourth-order valence-electron chi connectivity index (χ4n) is 2.05. The molecule has 0 atom stereocenters. The van der Waals surface area contributed by atoms with Crippen molar-refractivity contribution >= 4 is 38.0 Å². The van der Waals surface area contributed by atoms with Crippen LogP contribution in [0.2, 0.25) is 0 Å². The molecule has 0 saturated heterocycles. The van der Waals surface area contributed by atoms with Crippen LogP contribution in [0.1, 0.15) is 5.56 Å². The third kappa shape index (κ3) is 1.94. The Morgan fingerprint density at radius 3 is 2.78 bits per heavy atom. The van der Waals surface area contributed by atoms with E-state index in [-0.39, 0.29) is 6.42 Å². The van der Waals surface area contributed by atoms with Gasteiger partial charge >= 0.3 is 5.97 Å². The Balaban J connectivity index is 2.17. The highest BCUT2D eigenvalue weighted by Gasteiger charge is 2.12. The molecular formula is C14H10O2S2. The molecule has 0 amide bonds. The van der Waals surface area contributed by atoms with Crippen molar-refractivity contribution in [2.45, 2.75) is 6.42 Å². The van der Waals surface area contributed by atoms with E-state index >= 15 is 0 Å². The summed E-state index contributed by atoms with van der Waals surface area (Å²) in [6, 6.07) is 9.84. The molecule has 2 aromatic heterocycles. The van der Waals surface area contributed by atoms with Crippen molar-refractivity contribution < 1.29 is 9.90 Å². The molecule has 90 valence electrons. The van der Waals surface area contributed by atoms with Gasteiger partial charge in [-0.15, -0.1) is 22.7 Å². The summed E-state index contributed by atoms with van der Waals surface area (Å²) in [7, 11) is 0. The van der Waals surface area contributed by atoms with Gasteiger partial charge in [-0.25, -0.2) is 0 Å². The van der Waals surface area contributed by atoms with Crippen LogP contribution in [-0.4, -0.2) is 11.1 Å². The van der Waals surface area contributed by atoms with Crippen LogP contribution in [-0.2, 0) is 11.2 Å². The molecule has 3 rings (SSSR count). The van der Waals surface area contributed by atoms with E-state index in [1.165, 1.54) is 9.40 Å². The molecule has 0 unspecified atom stereocenters. The van der Waals surface area contributed by atoms with Crippen LogP contribution in [0.3, 0.4) is 0 Å². The zero-order chi connectivity index (χ0) is 12.5. The average Bonchev–Trinajstić information content (AvgIpc) is 2.91. The van der Waals surface area contributed by atoms with Gasteiger partial charge in [0.05, 0.1) is 11.1 Å². The summed E-state index contributed by atoms with van der Waals surface area (Å²) in [4.78, 5) is 10.9. The van der Waals surface area contributed by atoms with Gasteiger partial charge in [-0.1, -0.05) is 24.3 Å². The van der Waals surface area contributed by atoms with Gasteiger partial charge in [0.2, 0.25) is 0 Å². The molecule has 0 fully saturated rings. The highest BCUT2D eigenvalue weighted by atomic mass is 32.1. The molecule has 0 radical (unpaired) electrons. The summed E-state index contributed by atoms with van der Waals surface area (Å²) in [5.74, 6) is -0.792. The first-order chi connectivity index (χ1) is 8.75. The molecule has 0 aliphatic rings. The van der Waals surface area contributed by atoms with Gasteiger partial charge in [0.1, 0.15) is 0 Å². The molecule has 2 heterocycles. The van der Waals surface area contributed by atoms with E-state index in [2.05, 4.69) is 16.8 Å². The third-order valence-corrected chi connectivity index (χ3v) is 4.85. The second-order valence-electron chi connectivity index (χ2n) is 3.99. The first kappa shape index (κ1) is 11.4. The van der Waals surface area contributed by atoms with Crippen molar-refractivity contribution in [2.24, 2.45) is 0 Å². The van der Waals surface area contributed by atoms with E-state index in [9.17, 15) is 4.79 Å². The van der Waals surface area contributed by atoms with E-state index in [0.29, 0.717) is 0 Å². The molecule has 2 nitrogen and oxygen atoms in total. The van der Waals surface area contributed by atoms with Crippen molar-refractivity contribution in [3.8, 4) is 11.1 Å². The number of rotatable bonds is 3. The summed E-state index contributed by atoms with van der Waals surface area (Å²) in [5.41, 5.74) is 3.06. The van der Waals surface area contributed by atoms with Crippen LogP contribution in [0.25, 0.3) is 20.5 Å². The molecule has 0 bridgehead atoms. The molecule has 0 spiro atoms. The fourth-order valence-corrected chi connectivity index (χ4v) is 4.17. The maximum absolute atomic E-state index is 10.9. The Labute approximate surface area is 112 Å². The Morgan fingerprint density at radius 2 is 1.94 bits per heavy atom. The second-order valence-corrected chi connectivity index (χ2v) is 5.82. The molecule has 3 aromatic rings. The molecule has 0 saturated carbocycles. The second kappa shape index (κ2) is 4.55. The van der Waals surface area contributed by atoms with Crippen LogP contribution in [0.15, 0.2) is 41.1 Å². The summed E-state index contributed by atoms with van der Waals surface area (Å²) in [6.45, 7) is 0. The summed E-state index contributed by atoms with van der Waals surface area (Å²) in [6.07, 6.45) is 0.0683. The van der Waals surface area contributed by atoms with Crippen LogP contribution in [0.5, 0.6) is 0 Å². The molecule has 4 heteroatoms. The maximum Gasteiger partial charge on any atom is 0.307 e. The van der Waals surface area contributed by atoms with Crippen LogP contribution < -0.4 is 0 Å². The summed E-state index contributed by atoms with van der Waals surface area (Å²) < 4.78 is 2.51. The van der Waals surface area contributed by atoms with Gasteiger partial charge < -0.3 is 5.11 Å². The van der Waals surface area contributed by atoms with Gasteiger partial charge in [-0.2, -0.15) is 0 Å². The fraction of sp³-hybridized carbons (Fsp3) is 0.0714. The van der Waals surface area contributed by atoms with Crippen molar-refractivity contribution in [3.63, 3.8) is 0 Å². The number of hydrogen-bond acceptors (Lipinski definition) is 3. The molecule has 1 aromatic carbocycles. The predicted octanol–water partition coefficient (Wildman–Crippen LogP) is 4.26. The number of fused-ring (bicyclic) bond motifs is 1. The average molecular weight is 274 g/mol. The van der Waals surface area contributed by atoms with Gasteiger partial charge in [0, 0.05) is 15.6 Å². The van der Waals surface area contributed by atoms with Crippen LogP contribution in [0.4, 0.5) is 0 Å². The van der Waals surface area contributed by atoms with Gasteiger partial charge in [-0.05, 0) is 22.6 Å². The highest BCUT2D eigenvalue weighted by molar-refractivity contribution is 7.26. The normalized spacial score (nSPS) is 10.9. The van der Waals surface area contributed by atoms with Crippen molar-refractivity contribution in [1.29, 1.82) is 0 Å². The minimum Gasteiger partial charge on any atom is -0.481 e. The Kier molecular flexibility index (Phi) is 2.89. The number of carboxylic acid groups (broad SMARTS) is 1. The van der Waals surface area contributed by atoms with E-state index in [4.69, 9.17) is 5.11 Å². The lowest BCUT2D eigenvalue weighted by Crippen LogP contribution is -2.01. The predicted molar refractivity (Wildman–Crippen MR) is 76.5 cm³/mol. The molecule has 1 N–H and O–H groups in total. The van der Waals surface area contributed by atoms with E-state index < -0.39 is 5.97 Å². The minimum absolute atomic E-state index is 0.0683. The topological polar surface area (TPSA) is 37.3 Å². The summed E-state index contributed by atoms with van der Waals surface area (Å²) >= 11 is 3.41. The standard InChI is InChI=1S/C14H10O2S2/c15-13(16)7-9-3-1-2-4-10(9)11-8-18-12-5-6-17-14(11)12/h1-6,8H,7H2,(H,15,16). The number of carbonyl (C=O) groups is 1. The van der Waals surface area contributed by atoms with Crippen molar-refractivity contribution in [1.82, 2.24) is 0 Å². The van der Waals surface area contributed by atoms with Gasteiger partial charge in [0.15, 0.2) is 0 Å². The maximum atomic E-state index is 10.9. The quantitative estimate of drug-likeness (QED) is 0.775. The number of thiophene rings is 2. The lowest BCUT2D eigenvalue weighted by atomic mass is 10.00. The largest absolute Gasteiger partial charge is 0.481 e. The summed E-state index contributed by atoms with van der Waals surface area (Å²) in [5, 5.41) is 13.2. The Morgan fingerprint density at radius 1 is 1.11 bits per heavy atom. The van der Waals surface area contributed by atoms with E-state index in [1.54, 1.807) is 22.7 Å². The van der Waals surface area contributed by atoms with E-state index in [1.807, 2.05) is 24.3 Å². The minimum atomic E-state index is -0.792. The first-order valence-corrected chi connectivity index (χ1v) is 7.26. The van der Waals surface area contributed by atoms with E-state index in [0.717, 1.165) is 16.7 Å². The SMILES string of the molecule is O=C(O)Cc1ccccc1-c1csc2ccsc12. The highest BCUT2D eigenvalue weighted by Crippen LogP contribution is 2.38. The molecule has 18 heavy (non-hydrogen) atoms. The number of aliphatic carboxylic acids is 1. The molecule has 0 aliphatic carbocycles. The third-order valence-electron chi connectivity index (χ3n) is 2.83. The number of hydrogen-bond donors (Lipinski definition) is 1. The zero-order valence-electron chi connectivity index (χ0n) is 9.42. The lowest BCUT2D eigenvalue weighted by Gasteiger charge is -2.05. The number of benzene rings is 1. The smallest absolute Gasteiger partial charge is 0.307 e.